The highest BCUT2D eigenvalue weighted by Crippen LogP contribution is 2.40. The van der Waals surface area contributed by atoms with Crippen LogP contribution in [0.2, 0.25) is 0 Å². The topological polar surface area (TPSA) is 15.3 Å². The Labute approximate surface area is 128 Å². The first-order valence-corrected chi connectivity index (χ1v) is 8.45. The minimum Gasteiger partial charge on any atom is -0.364 e. The summed E-state index contributed by atoms with van der Waals surface area (Å²) in [5.41, 5.74) is 1.04. The van der Waals surface area contributed by atoms with Crippen molar-refractivity contribution >= 4 is 21.6 Å². The number of nitrogens with one attached hydrogen (secondary N) is 1. The summed E-state index contributed by atoms with van der Waals surface area (Å²) in [7, 11) is 0. The number of fused-ring (bicyclic) bond motifs is 2. The Hall–Kier alpha value is -0.610. The van der Waals surface area contributed by atoms with Crippen molar-refractivity contribution in [3.63, 3.8) is 0 Å². The summed E-state index contributed by atoms with van der Waals surface area (Å²) >= 11 is 3.60. The van der Waals surface area contributed by atoms with Crippen molar-refractivity contribution in [3.05, 3.63) is 28.5 Å². The minimum atomic E-state index is -0.143. The van der Waals surface area contributed by atoms with Crippen LogP contribution < -0.4 is 10.2 Å². The predicted octanol–water partition coefficient (Wildman–Crippen LogP) is 4.09. The third kappa shape index (κ3) is 2.73. The minimum absolute atomic E-state index is 0.143. The van der Waals surface area contributed by atoms with E-state index >= 15 is 0 Å². The summed E-state index contributed by atoms with van der Waals surface area (Å²) in [6, 6.07) is 6.75. The van der Waals surface area contributed by atoms with Crippen molar-refractivity contribution in [1.29, 1.82) is 0 Å². The highest BCUT2D eigenvalue weighted by molar-refractivity contribution is 9.10. The molecule has 3 rings (SSSR count). The number of halogens is 2. The van der Waals surface area contributed by atoms with Crippen LogP contribution in [-0.4, -0.2) is 24.7 Å². The molecule has 2 aliphatic heterocycles. The molecular weight excluding hydrogens is 319 g/mol. The predicted molar refractivity (Wildman–Crippen MR) is 84.7 cm³/mol. The molecule has 110 valence electrons. The van der Waals surface area contributed by atoms with E-state index < -0.39 is 0 Å². The Bertz CT molecular complexity index is 466. The Balaban J connectivity index is 1.88. The number of hydrogen-bond donors (Lipinski definition) is 1. The van der Waals surface area contributed by atoms with Gasteiger partial charge in [0.25, 0.3) is 0 Å². The third-order valence-corrected chi connectivity index (χ3v) is 5.32. The molecule has 2 atom stereocenters. The van der Waals surface area contributed by atoms with E-state index in [9.17, 15) is 4.39 Å². The molecule has 2 nitrogen and oxygen atoms in total. The van der Waals surface area contributed by atoms with E-state index in [-0.39, 0.29) is 5.82 Å². The number of piperidine rings is 2. The maximum Gasteiger partial charge on any atom is 0.125 e. The molecule has 0 aromatic heterocycles. The van der Waals surface area contributed by atoms with Gasteiger partial charge in [0.1, 0.15) is 5.82 Å². The van der Waals surface area contributed by atoms with Crippen molar-refractivity contribution in [3.8, 4) is 0 Å². The maximum atomic E-state index is 13.6. The van der Waals surface area contributed by atoms with Gasteiger partial charge >= 0.3 is 0 Å². The Kier molecular flexibility index (Phi) is 4.32. The summed E-state index contributed by atoms with van der Waals surface area (Å²) in [6.07, 6.45) is 6.10. The Morgan fingerprint density at radius 3 is 2.65 bits per heavy atom. The molecule has 0 spiro atoms. The van der Waals surface area contributed by atoms with E-state index in [0.29, 0.717) is 18.1 Å². The van der Waals surface area contributed by atoms with Gasteiger partial charge in [-0.1, -0.05) is 6.92 Å². The fourth-order valence-electron chi connectivity index (χ4n) is 3.91. The zero-order chi connectivity index (χ0) is 14.1. The molecule has 2 heterocycles. The van der Waals surface area contributed by atoms with E-state index in [2.05, 4.69) is 33.1 Å². The first-order valence-electron chi connectivity index (χ1n) is 7.65. The molecule has 1 aromatic carbocycles. The molecule has 2 unspecified atom stereocenters. The molecule has 1 N–H and O–H groups in total. The summed E-state index contributed by atoms with van der Waals surface area (Å²) in [6.45, 7) is 3.21. The van der Waals surface area contributed by atoms with Crippen LogP contribution in [0.5, 0.6) is 0 Å². The highest BCUT2D eigenvalue weighted by atomic mass is 79.9. The quantitative estimate of drug-likeness (QED) is 0.891. The van der Waals surface area contributed by atoms with Crippen molar-refractivity contribution in [2.75, 3.05) is 11.4 Å². The molecule has 2 saturated heterocycles. The van der Waals surface area contributed by atoms with Crippen molar-refractivity contribution in [2.24, 2.45) is 0 Å². The van der Waals surface area contributed by atoms with Gasteiger partial charge in [-0.25, -0.2) is 4.39 Å². The number of nitrogens with zero attached hydrogens (tertiary/aromatic N) is 1. The summed E-state index contributed by atoms with van der Waals surface area (Å²) < 4.78 is 14.6. The molecule has 0 aliphatic carbocycles. The largest absolute Gasteiger partial charge is 0.364 e. The van der Waals surface area contributed by atoms with Crippen LogP contribution in [0.1, 0.15) is 39.0 Å². The zero-order valence-electron chi connectivity index (χ0n) is 11.9. The van der Waals surface area contributed by atoms with Gasteiger partial charge in [-0.3, -0.25) is 0 Å². The maximum absolute atomic E-state index is 13.6. The van der Waals surface area contributed by atoms with Gasteiger partial charge in [-0.05, 0) is 72.8 Å². The zero-order valence-corrected chi connectivity index (χ0v) is 13.5. The first-order chi connectivity index (χ1) is 9.69. The van der Waals surface area contributed by atoms with E-state index in [1.54, 1.807) is 6.07 Å². The molecule has 4 heteroatoms. The van der Waals surface area contributed by atoms with E-state index in [4.69, 9.17) is 0 Å². The number of anilines is 1. The van der Waals surface area contributed by atoms with Crippen molar-refractivity contribution in [2.45, 2.75) is 57.2 Å². The average molecular weight is 341 g/mol. The van der Waals surface area contributed by atoms with Crippen LogP contribution in [0.25, 0.3) is 0 Å². The third-order valence-electron chi connectivity index (χ3n) is 4.65. The Morgan fingerprint density at radius 2 is 2.00 bits per heavy atom. The molecule has 0 radical (unpaired) electrons. The summed E-state index contributed by atoms with van der Waals surface area (Å²) in [5.74, 6) is -0.143. The Morgan fingerprint density at radius 1 is 1.30 bits per heavy atom. The van der Waals surface area contributed by atoms with E-state index in [1.165, 1.54) is 38.2 Å². The van der Waals surface area contributed by atoms with Gasteiger partial charge in [-0.15, -0.1) is 0 Å². The van der Waals surface area contributed by atoms with Crippen LogP contribution in [0.3, 0.4) is 0 Å². The van der Waals surface area contributed by atoms with Crippen LogP contribution in [-0.2, 0) is 0 Å². The summed E-state index contributed by atoms with van der Waals surface area (Å²) in [5, 5.41) is 3.60. The smallest absolute Gasteiger partial charge is 0.125 e. The van der Waals surface area contributed by atoms with E-state index in [0.717, 1.165) is 16.7 Å². The van der Waals surface area contributed by atoms with Gasteiger partial charge in [0.15, 0.2) is 0 Å². The SMILES string of the molecule is CCNC1CC2CCCC(C1)N2c1cc(F)ccc1Br. The van der Waals surface area contributed by atoms with Gasteiger partial charge in [0.05, 0.1) is 5.69 Å². The molecule has 0 saturated carbocycles. The molecule has 1 aromatic rings. The standard InChI is InChI=1S/C16H22BrFN2/c1-2-19-12-9-13-4-3-5-14(10-12)20(13)16-8-11(18)6-7-15(16)17/h6-8,12-14,19H,2-5,9-10H2,1H3. The number of benzene rings is 1. The second-order valence-electron chi connectivity index (χ2n) is 5.97. The molecule has 20 heavy (non-hydrogen) atoms. The van der Waals surface area contributed by atoms with E-state index in [1.807, 2.05) is 6.07 Å². The molecule has 0 amide bonds. The van der Waals surface area contributed by atoms with Crippen molar-refractivity contribution in [1.82, 2.24) is 5.32 Å². The van der Waals surface area contributed by atoms with Gasteiger partial charge in [0.2, 0.25) is 0 Å². The highest BCUT2D eigenvalue weighted by Gasteiger charge is 2.38. The lowest BCUT2D eigenvalue weighted by atomic mass is 9.81. The first kappa shape index (κ1) is 14.3. The van der Waals surface area contributed by atoms with Crippen LogP contribution in [0, 0.1) is 5.82 Å². The van der Waals surface area contributed by atoms with Crippen LogP contribution in [0.15, 0.2) is 22.7 Å². The summed E-state index contributed by atoms with van der Waals surface area (Å²) in [4.78, 5) is 2.48. The lowest BCUT2D eigenvalue weighted by Crippen LogP contribution is -2.56. The van der Waals surface area contributed by atoms with Crippen molar-refractivity contribution < 1.29 is 4.39 Å². The van der Waals surface area contributed by atoms with Gasteiger partial charge in [0, 0.05) is 22.6 Å². The molecule has 2 bridgehead atoms. The fourth-order valence-corrected chi connectivity index (χ4v) is 4.37. The normalized spacial score (nSPS) is 29.6. The monoisotopic (exact) mass is 340 g/mol. The van der Waals surface area contributed by atoms with Gasteiger partial charge in [-0.2, -0.15) is 0 Å². The second-order valence-corrected chi connectivity index (χ2v) is 6.82. The van der Waals surface area contributed by atoms with Gasteiger partial charge < -0.3 is 10.2 Å². The second kappa shape index (κ2) is 6.02. The number of hydrogen-bond acceptors (Lipinski definition) is 2. The molecule has 2 aliphatic rings. The average Bonchev–Trinajstić information content (AvgIpc) is 2.41. The fraction of sp³-hybridized carbons (Fsp3) is 0.625. The van der Waals surface area contributed by atoms with Crippen LogP contribution >= 0.6 is 15.9 Å². The molecule has 2 fully saturated rings. The lowest BCUT2D eigenvalue weighted by Gasteiger charge is -2.50. The lowest BCUT2D eigenvalue weighted by molar-refractivity contribution is 0.247. The molecular formula is C16H22BrFN2. The number of rotatable bonds is 3. The van der Waals surface area contributed by atoms with Crippen LogP contribution in [0.4, 0.5) is 10.1 Å².